The maximum Gasteiger partial charge on any atom is 0.271 e. The van der Waals surface area contributed by atoms with Crippen molar-refractivity contribution in [3.63, 3.8) is 0 Å². The summed E-state index contributed by atoms with van der Waals surface area (Å²) in [5, 5.41) is 13.8. The number of aromatic nitrogens is 4. The molecule has 2 amide bonds. The molecule has 2 N–H and O–H groups in total. The Morgan fingerprint density at radius 3 is 2.62 bits per heavy atom. The largest absolute Gasteiger partial charge is 0.351 e. The van der Waals surface area contributed by atoms with E-state index in [0.29, 0.717) is 24.3 Å². The molecule has 0 bridgehead atoms. The van der Waals surface area contributed by atoms with Gasteiger partial charge in [-0.05, 0) is 28.8 Å². The summed E-state index contributed by atoms with van der Waals surface area (Å²) in [7, 11) is 1.67. The topological polar surface area (TPSA) is 93.8 Å². The lowest BCUT2D eigenvalue weighted by Gasteiger charge is -2.15. The van der Waals surface area contributed by atoms with Crippen molar-refractivity contribution in [2.75, 3.05) is 11.9 Å². The molecule has 130 valence electrons. The standard InChI is InChI=1S/C15H21BrN6O2/c1-4-6-17-15(24)13-11(8-18-21(13)3)20-14(23)12(5-2)22-9-10(16)7-19-22/h7-9,12H,4-6H2,1-3H3,(H,17,24)(H,20,23). The first-order chi connectivity index (χ1) is 11.5. The molecule has 0 radical (unpaired) electrons. The molecule has 2 aromatic heterocycles. The molecule has 0 aliphatic rings. The molecule has 0 aliphatic carbocycles. The highest BCUT2D eigenvalue weighted by atomic mass is 79.9. The zero-order valence-corrected chi connectivity index (χ0v) is 15.5. The first-order valence-corrected chi connectivity index (χ1v) is 8.57. The van der Waals surface area contributed by atoms with Crippen LogP contribution in [0.2, 0.25) is 0 Å². The van der Waals surface area contributed by atoms with E-state index in [-0.39, 0.29) is 11.8 Å². The number of hydrogen-bond donors (Lipinski definition) is 2. The van der Waals surface area contributed by atoms with Crippen LogP contribution in [0, 0.1) is 0 Å². The SMILES string of the molecule is CCCNC(=O)c1c(NC(=O)C(CC)n2cc(Br)cn2)cnn1C. The number of nitrogens with one attached hydrogen (secondary N) is 2. The first-order valence-electron chi connectivity index (χ1n) is 7.78. The van der Waals surface area contributed by atoms with Gasteiger partial charge in [0.2, 0.25) is 5.91 Å². The van der Waals surface area contributed by atoms with Gasteiger partial charge in [0.05, 0.1) is 22.6 Å². The molecular formula is C15H21BrN6O2. The van der Waals surface area contributed by atoms with Crippen molar-refractivity contribution < 1.29 is 9.59 Å². The molecule has 0 fully saturated rings. The molecule has 24 heavy (non-hydrogen) atoms. The summed E-state index contributed by atoms with van der Waals surface area (Å²) in [6.45, 7) is 4.44. The summed E-state index contributed by atoms with van der Waals surface area (Å²) >= 11 is 3.32. The van der Waals surface area contributed by atoms with Crippen molar-refractivity contribution in [2.45, 2.75) is 32.7 Å². The van der Waals surface area contributed by atoms with E-state index in [1.54, 1.807) is 24.1 Å². The van der Waals surface area contributed by atoms with Gasteiger partial charge in [0.25, 0.3) is 5.91 Å². The van der Waals surface area contributed by atoms with Gasteiger partial charge in [-0.2, -0.15) is 10.2 Å². The first kappa shape index (κ1) is 18.2. The summed E-state index contributed by atoms with van der Waals surface area (Å²) in [4.78, 5) is 24.8. The number of anilines is 1. The Bertz CT molecular complexity index is 723. The van der Waals surface area contributed by atoms with Crippen molar-refractivity contribution in [2.24, 2.45) is 7.05 Å². The Kier molecular flexibility index (Phi) is 6.13. The normalized spacial score (nSPS) is 12.0. The molecule has 0 spiro atoms. The molecule has 0 saturated carbocycles. The lowest BCUT2D eigenvalue weighted by molar-refractivity contribution is -0.119. The van der Waals surface area contributed by atoms with Crippen molar-refractivity contribution in [3.8, 4) is 0 Å². The van der Waals surface area contributed by atoms with Crippen LogP contribution in [-0.4, -0.2) is 37.9 Å². The van der Waals surface area contributed by atoms with E-state index in [0.717, 1.165) is 10.9 Å². The highest BCUT2D eigenvalue weighted by molar-refractivity contribution is 9.10. The van der Waals surface area contributed by atoms with Crippen LogP contribution in [0.15, 0.2) is 23.1 Å². The van der Waals surface area contributed by atoms with Crippen molar-refractivity contribution in [1.82, 2.24) is 24.9 Å². The molecule has 8 nitrogen and oxygen atoms in total. The summed E-state index contributed by atoms with van der Waals surface area (Å²) in [5.74, 6) is -0.507. The minimum absolute atomic E-state index is 0.245. The van der Waals surface area contributed by atoms with Gasteiger partial charge in [-0.15, -0.1) is 0 Å². The van der Waals surface area contributed by atoms with E-state index in [4.69, 9.17) is 0 Å². The predicted molar refractivity (Wildman–Crippen MR) is 93.7 cm³/mol. The minimum Gasteiger partial charge on any atom is -0.351 e. The molecule has 0 aromatic carbocycles. The maximum absolute atomic E-state index is 12.6. The zero-order valence-electron chi connectivity index (χ0n) is 13.9. The molecule has 0 saturated heterocycles. The maximum atomic E-state index is 12.6. The van der Waals surface area contributed by atoms with Gasteiger partial charge in [0.1, 0.15) is 11.7 Å². The van der Waals surface area contributed by atoms with Gasteiger partial charge in [-0.1, -0.05) is 13.8 Å². The molecular weight excluding hydrogens is 376 g/mol. The van der Waals surface area contributed by atoms with Crippen molar-refractivity contribution >= 4 is 33.4 Å². The van der Waals surface area contributed by atoms with Gasteiger partial charge in [0, 0.05) is 19.8 Å². The van der Waals surface area contributed by atoms with E-state index < -0.39 is 6.04 Å². The summed E-state index contributed by atoms with van der Waals surface area (Å²) in [6.07, 6.45) is 6.24. The second-order valence-corrected chi connectivity index (χ2v) is 6.25. The Morgan fingerprint density at radius 1 is 1.29 bits per heavy atom. The van der Waals surface area contributed by atoms with Crippen LogP contribution in [0.4, 0.5) is 5.69 Å². The summed E-state index contributed by atoms with van der Waals surface area (Å²) < 4.78 is 3.84. The van der Waals surface area contributed by atoms with Crippen LogP contribution in [0.1, 0.15) is 43.2 Å². The number of amides is 2. The number of carbonyl (C=O) groups excluding carboxylic acids is 2. The number of nitrogens with zero attached hydrogens (tertiary/aromatic N) is 4. The monoisotopic (exact) mass is 396 g/mol. The van der Waals surface area contributed by atoms with E-state index in [2.05, 4.69) is 36.8 Å². The fourth-order valence-electron chi connectivity index (χ4n) is 2.31. The Labute approximate surface area is 148 Å². The lowest BCUT2D eigenvalue weighted by Crippen LogP contribution is -2.29. The molecule has 2 rings (SSSR count). The fraction of sp³-hybridized carbons (Fsp3) is 0.467. The number of halogens is 1. The van der Waals surface area contributed by atoms with Crippen molar-refractivity contribution in [3.05, 3.63) is 28.8 Å². The molecule has 1 atom stereocenters. The average Bonchev–Trinajstić information content (AvgIpc) is 3.12. The summed E-state index contributed by atoms with van der Waals surface area (Å²) in [6, 6.07) is -0.469. The van der Waals surface area contributed by atoms with Gasteiger partial charge in [0.15, 0.2) is 0 Å². The van der Waals surface area contributed by atoms with E-state index in [1.807, 2.05) is 13.8 Å². The quantitative estimate of drug-likeness (QED) is 0.748. The minimum atomic E-state index is -0.469. The Morgan fingerprint density at radius 2 is 2.04 bits per heavy atom. The molecule has 1 unspecified atom stereocenters. The highest BCUT2D eigenvalue weighted by Gasteiger charge is 2.23. The number of carbonyl (C=O) groups is 2. The van der Waals surface area contributed by atoms with Crippen LogP contribution < -0.4 is 10.6 Å². The number of aryl methyl sites for hydroxylation is 1. The summed E-state index contributed by atoms with van der Waals surface area (Å²) in [5.41, 5.74) is 0.717. The van der Waals surface area contributed by atoms with Gasteiger partial charge < -0.3 is 10.6 Å². The highest BCUT2D eigenvalue weighted by Crippen LogP contribution is 2.19. The third-order valence-corrected chi connectivity index (χ3v) is 3.94. The predicted octanol–water partition coefficient (Wildman–Crippen LogP) is 2.11. The van der Waals surface area contributed by atoms with E-state index >= 15 is 0 Å². The Hall–Kier alpha value is -2.16. The van der Waals surface area contributed by atoms with Crippen LogP contribution in [-0.2, 0) is 11.8 Å². The van der Waals surface area contributed by atoms with Crippen LogP contribution in [0.3, 0.4) is 0 Å². The second-order valence-electron chi connectivity index (χ2n) is 5.34. The van der Waals surface area contributed by atoms with Gasteiger partial charge in [-0.3, -0.25) is 19.0 Å². The molecule has 2 aromatic rings. The molecule has 9 heteroatoms. The van der Waals surface area contributed by atoms with Crippen LogP contribution in [0.5, 0.6) is 0 Å². The average molecular weight is 397 g/mol. The van der Waals surface area contributed by atoms with Crippen molar-refractivity contribution in [1.29, 1.82) is 0 Å². The third kappa shape index (κ3) is 4.02. The van der Waals surface area contributed by atoms with Crippen LogP contribution in [0.25, 0.3) is 0 Å². The van der Waals surface area contributed by atoms with Gasteiger partial charge in [-0.25, -0.2) is 0 Å². The molecule has 2 heterocycles. The number of rotatable bonds is 7. The van der Waals surface area contributed by atoms with E-state index in [1.165, 1.54) is 10.9 Å². The number of hydrogen-bond acceptors (Lipinski definition) is 4. The Balaban J connectivity index is 2.18. The molecule has 0 aliphatic heterocycles. The fourth-order valence-corrected chi connectivity index (χ4v) is 2.62. The third-order valence-electron chi connectivity index (χ3n) is 3.53. The van der Waals surface area contributed by atoms with E-state index in [9.17, 15) is 9.59 Å². The van der Waals surface area contributed by atoms with Gasteiger partial charge >= 0.3 is 0 Å². The zero-order chi connectivity index (χ0) is 17.7. The second kappa shape index (κ2) is 8.09. The van der Waals surface area contributed by atoms with Crippen LogP contribution >= 0.6 is 15.9 Å². The lowest BCUT2D eigenvalue weighted by atomic mass is 10.2. The smallest absolute Gasteiger partial charge is 0.271 e.